The number of para-hydroxylation sites is 1. The van der Waals surface area contributed by atoms with Crippen LogP contribution < -0.4 is 10.9 Å². The highest BCUT2D eigenvalue weighted by molar-refractivity contribution is 7.19. The number of hydrogen-bond acceptors (Lipinski definition) is 6. The fourth-order valence-electron chi connectivity index (χ4n) is 3.89. The molecule has 1 N–H and O–H groups in total. The van der Waals surface area contributed by atoms with E-state index < -0.39 is 0 Å². The number of aryl methyl sites for hydroxylation is 1. The molecule has 0 aliphatic carbocycles. The zero-order chi connectivity index (χ0) is 22.8. The summed E-state index contributed by atoms with van der Waals surface area (Å²) in [6.45, 7) is 5.29. The van der Waals surface area contributed by atoms with E-state index in [1.54, 1.807) is 6.07 Å². The van der Waals surface area contributed by atoms with Gasteiger partial charge in [0.15, 0.2) is 0 Å². The number of piperazine rings is 1. The highest BCUT2D eigenvalue weighted by Gasteiger charge is 2.22. The minimum Gasteiger partial charge on any atom is -0.322 e. The molecular weight excluding hydrogens is 436 g/mol. The summed E-state index contributed by atoms with van der Waals surface area (Å²) >= 11 is 1.42. The maximum Gasteiger partial charge on any atom is 0.321 e. The van der Waals surface area contributed by atoms with Gasteiger partial charge in [0.25, 0.3) is 5.56 Å². The largest absolute Gasteiger partial charge is 0.322 e. The third-order valence-electron chi connectivity index (χ3n) is 5.63. The molecule has 5 rings (SSSR count). The van der Waals surface area contributed by atoms with Gasteiger partial charge in [0, 0.05) is 50.0 Å². The number of carbonyl (C=O) groups is 1. The van der Waals surface area contributed by atoms with Gasteiger partial charge in [-0.25, -0.2) is 9.78 Å². The first-order valence-electron chi connectivity index (χ1n) is 10.9. The van der Waals surface area contributed by atoms with Gasteiger partial charge in [0.05, 0.1) is 5.69 Å². The first kappa shape index (κ1) is 21.3. The summed E-state index contributed by atoms with van der Waals surface area (Å²) in [4.78, 5) is 34.5. The van der Waals surface area contributed by atoms with Crippen molar-refractivity contribution < 1.29 is 4.79 Å². The van der Waals surface area contributed by atoms with Crippen molar-refractivity contribution in [1.29, 1.82) is 0 Å². The van der Waals surface area contributed by atoms with Gasteiger partial charge in [0.1, 0.15) is 5.01 Å². The Balaban J connectivity index is 1.24. The standard InChI is InChI=1S/C24H24N6O2S/c1-17-6-5-7-18(14-17)22-27-30-21(31)15-20(26-24(30)33-22)16-28-10-12-29(13-11-28)23(32)25-19-8-3-2-4-9-19/h2-9,14-15H,10-13,16H2,1H3,(H,25,32). The second kappa shape index (κ2) is 9.13. The summed E-state index contributed by atoms with van der Waals surface area (Å²) in [5.74, 6) is 0. The fourth-order valence-corrected chi connectivity index (χ4v) is 4.81. The zero-order valence-corrected chi connectivity index (χ0v) is 19.1. The molecule has 0 unspecified atom stereocenters. The van der Waals surface area contributed by atoms with Crippen LogP contribution in [0.5, 0.6) is 0 Å². The predicted molar refractivity (Wildman–Crippen MR) is 130 cm³/mol. The average molecular weight is 461 g/mol. The third kappa shape index (κ3) is 4.79. The molecular formula is C24H24N6O2S. The molecule has 2 amide bonds. The molecule has 8 nitrogen and oxygen atoms in total. The van der Waals surface area contributed by atoms with Crippen LogP contribution in [-0.4, -0.2) is 56.6 Å². The number of nitrogens with zero attached hydrogens (tertiary/aromatic N) is 5. The van der Waals surface area contributed by atoms with Crippen LogP contribution >= 0.6 is 11.3 Å². The van der Waals surface area contributed by atoms with Crippen LogP contribution in [0.1, 0.15) is 11.3 Å². The molecule has 0 atom stereocenters. The predicted octanol–water partition coefficient (Wildman–Crippen LogP) is 3.48. The first-order chi connectivity index (χ1) is 16.0. The molecule has 0 spiro atoms. The van der Waals surface area contributed by atoms with E-state index >= 15 is 0 Å². The summed E-state index contributed by atoms with van der Waals surface area (Å²) in [7, 11) is 0. The molecule has 2 aromatic carbocycles. The molecule has 1 aliphatic heterocycles. The Kier molecular flexibility index (Phi) is 5.89. The van der Waals surface area contributed by atoms with Crippen molar-refractivity contribution in [2.45, 2.75) is 13.5 Å². The molecule has 9 heteroatoms. The van der Waals surface area contributed by atoms with Crippen molar-refractivity contribution in [3.05, 3.63) is 82.3 Å². The van der Waals surface area contributed by atoms with Crippen LogP contribution in [0.15, 0.2) is 65.5 Å². The van der Waals surface area contributed by atoms with Gasteiger partial charge in [-0.2, -0.15) is 9.61 Å². The van der Waals surface area contributed by atoms with E-state index in [4.69, 9.17) is 4.98 Å². The number of rotatable bonds is 4. The van der Waals surface area contributed by atoms with E-state index in [1.807, 2.05) is 60.4 Å². The lowest BCUT2D eigenvalue weighted by Crippen LogP contribution is -2.49. The van der Waals surface area contributed by atoms with Crippen molar-refractivity contribution in [3.63, 3.8) is 0 Å². The number of carbonyl (C=O) groups excluding carboxylic acids is 1. The average Bonchev–Trinajstić information content (AvgIpc) is 3.25. The van der Waals surface area contributed by atoms with Gasteiger partial charge < -0.3 is 10.2 Å². The highest BCUT2D eigenvalue weighted by Crippen LogP contribution is 2.25. The highest BCUT2D eigenvalue weighted by atomic mass is 32.1. The summed E-state index contributed by atoms with van der Waals surface area (Å²) in [5.41, 5.74) is 3.46. The van der Waals surface area contributed by atoms with E-state index in [1.165, 1.54) is 15.9 Å². The van der Waals surface area contributed by atoms with Crippen LogP contribution in [0.2, 0.25) is 0 Å². The van der Waals surface area contributed by atoms with Gasteiger partial charge in [-0.3, -0.25) is 9.69 Å². The van der Waals surface area contributed by atoms with Gasteiger partial charge >= 0.3 is 6.03 Å². The molecule has 1 fully saturated rings. The van der Waals surface area contributed by atoms with E-state index in [0.717, 1.165) is 40.6 Å². The quantitative estimate of drug-likeness (QED) is 0.504. The monoisotopic (exact) mass is 460 g/mol. The molecule has 0 saturated carbocycles. The van der Waals surface area contributed by atoms with Crippen molar-refractivity contribution in [3.8, 4) is 10.6 Å². The topological polar surface area (TPSA) is 82.8 Å². The van der Waals surface area contributed by atoms with Crippen LogP contribution in [0.25, 0.3) is 15.5 Å². The molecule has 0 bridgehead atoms. The van der Waals surface area contributed by atoms with E-state index in [9.17, 15) is 9.59 Å². The molecule has 4 aromatic rings. The Labute approximate surface area is 195 Å². The third-order valence-corrected chi connectivity index (χ3v) is 6.59. The fraction of sp³-hybridized carbons (Fsp3) is 0.250. The summed E-state index contributed by atoms with van der Waals surface area (Å²) in [6.07, 6.45) is 0. The maximum absolute atomic E-state index is 12.7. The number of urea groups is 1. The Morgan fingerprint density at radius 3 is 2.58 bits per heavy atom. The minimum atomic E-state index is -0.175. The number of amides is 2. The minimum absolute atomic E-state index is 0.0908. The first-order valence-corrected chi connectivity index (χ1v) is 11.7. The number of aromatic nitrogens is 3. The lowest BCUT2D eigenvalue weighted by molar-refractivity contribution is 0.142. The molecule has 33 heavy (non-hydrogen) atoms. The second-order valence-corrected chi connectivity index (χ2v) is 9.07. The van der Waals surface area contributed by atoms with E-state index in [-0.39, 0.29) is 11.6 Å². The molecule has 1 saturated heterocycles. The summed E-state index contributed by atoms with van der Waals surface area (Å²) < 4.78 is 1.37. The smallest absolute Gasteiger partial charge is 0.321 e. The lowest BCUT2D eigenvalue weighted by atomic mass is 10.1. The molecule has 168 valence electrons. The Morgan fingerprint density at radius 1 is 1.03 bits per heavy atom. The van der Waals surface area contributed by atoms with Crippen LogP contribution in [0, 0.1) is 6.92 Å². The van der Waals surface area contributed by atoms with E-state index in [0.29, 0.717) is 24.6 Å². The Bertz CT molecular complexity index is 1340. The van der Waals surface area contributed by atoms with Crippen LogP contribution in [-0.2, 0) is 6.54 Å². The lowest BCUT2D eigenvalue weighted by Gasteiger charge is -2.34. The normalized spacial score (nSPS) is 14.5. The van der Waals surface area contributed by atoms with Crippen molar-refractivity contribution in [2.24, 2.45) is 0 Å². The van der Waals surface area contributed by atoms with Crippen molar-refractivity contribution in [1.82, 2.24) is 24.4 Å². The Hall–Kier alpha value is -3.56. The molecule has 1 aliphatic rings. The number of nitrogens with one attached hydrogen (secondary N) is 1. The SMILES string of the molecule is Cc1cccc(-c2nn3c(=O)cc(CN4CCN(C(=O)Nc5ccccc5)CC4)nc3s2)c1. The number of benzene rings is 2. The van der Waals surface area contributed by atoms with Crippen molar-refractivity contribution in [2.75, 3.05) is 31.5 Å². The molecule has 0 radical (unpaired) electrons. The van der Waals surface area contributed by atoms with Crippen LogP contribution in [0.3, 0.4) is 0 Å². The van der Waals surface area contributed by atoms with Crippen molar-refractivity contribution >= 4 is 28.0 Å². The maximum atomic E-state index is 12.7. The van der Waals surface area contributed by atoms with Gasteiger partial charge in [-0.1, -0.05) is 53.3 Å². The van der Waals surface area contributed by atoms with Gasteiger partial charge in [-0.15, -0.1) is 0 Å². The number of hydrogen-bond donors (Lipinski definition) is 1. The number of fused-ring (bicyclic) bond motifs is 1. The van der Waals surface area contributed by atoms with Crippen LogP contribution in [0.4, 0.5) is 10.5 Å². The van der Waals surface area contributed by atoms with E-state index in [2.05, 4.69) is 21.4 Å². The van der Waals surface area contributed by atoms with Gasteiger partial charge in [0.2, 0.25) is 4.96 Å². The molecule has 3 heterocycles. The molecule has 2 aromatic heterocycles. The summed E-state index contributed by atoms with van der Waals surface area (Å²) in [6, 6.07) is 19.0. The zero-order valence-electron chi connectivity index (χ0n) is 18.3. The van der Waals surface area contributed by atoms with Gasteiger partial charge in [-0.05, 0) is 25.1 Å². The number of anilines is 1. The summed E-state index contributed by atoms with van der Waals surface area (Å²) in [5, 5.41) is 8.18. The Morgan fingerprint density at radius 2 is 1.82 bits per heavy atom. The second-order valence-electron chi connectivity index (χ2n) is 8.12.